The molecule has 24 heavy (non-hydrogen) atoms. The number of rotatable bonds is 10. The summed E-state index contributed by atoms with van der Waals surface area (Å²) in [5, 5.41) is 9.21. The summed E-state index contributed by atoms with van der Waals surface area (Å²) >= 11 is 0. The van der Waals surface area contributed by atoms with Crippen LogP contribution in [0.15, 0.2) is 30.3 Å². The molecule has 0 heterocycles. The number of aliphatic carboxylic acids is 1. The molecular weight excluding hydrogens is 304 g/mol. The Labute approximate surface area is 144 Å². The molecule has 0 spiro atoms. The van der Waals surface area contributed by atoms with Gasteiger partial charge in [-0.2, -0.15) is 0 Å². The summed E-state index contributed by atoms with van der Waals surface area (Å²) < 4.78 is 5.40. The van der Waals surface area contributed by atoms with Crippen molar-refractivity contribution in [3.05, 3.63) is 35.9 Å². The molecule has 1 saturated carbocycles. The summed E-state index contributed by atoms with van der Waals surface area (Å²) in [7, 11) is 0. The van der Waals surface area contributed by atoms with Crippen LogP contribution in [-0.2, 0) is 19.7 Å². The Bertz CT molecular complexity index is 548. The molecule has 1 N–H and O–H groups in total. The second-order valence-electron chi connectivity index (χ2n) is 7.04. The predicted octanol–water partition coefficient (Wildman–Crippen LogP) is 4.18. The molecular formula is C20H28O4. The van der Waals surface area contributed by atoms with Crippen LogP contribution in [0.5, 0.6) is 0 Å². The van der Waals surface area contributed by atoms with E-state index in [4.69, 9.17) is 4.74 Å². The van der Waals surface area contributed by atoms with Crippen molar-refractivity contribution in [2.45, 2.75) is 57.8 Å². The van der Waals surface area contributed by atoms with E-state index in [1.54, 1.807) is 6.92 Å². The van der Waals surface area contributed by atoms with E-state index in [-0.39, 0.29) is 17.3 Å². The number of carboxylic acids is 1. The average molecular weight is 332 g/mol. The zero-order valence-electron chi connectivity index (χ0n) is 14.7. The maximum atomic E-state index is 12.5. The minimum atomic E-state index is -0.856. The highest BCUT2D eigenvalue weighted by atomic mass is 16.5. The summed E-state index contributed by atoms with van der Waals surface area (Å²) in [6, 6.07) is 10.2. The number of hydrogen-bond donors (Lipinski definition) is 1. The van der Waals surface area contributed by atoms with Gasteiger partial charge in [-0.25, -0.2) is 0 Å². The first kappa shape index (κ1) is 18.5. The molecule has 1 aliphatic carbocycles. The second-order valence-corrected chi connectivity index (χ2v) is 7.04. The van der Waals surface area contributed by atoms with Crippen LogP contribution < -0.4 is 0 Å². The smallest absolute Gasteiger partial charge is 0.308 e. The molecule has 0 aliphatic heterocycles. The van der Waals surface area contributed by atoms with Crippen LogP contribution in [-0.4, -0.2) is 23.7 Å². The summed E-state index contributed by atoms with van der Waals surface area (Å²) in [5.74, 6) is -1.99. The van der Waals surface area contributed by atoms with Gasteiger partial charge in [0.05, 0.1) is 18.4 Å². The molecule has 1 aromatic carbocycles. The summed E-state index contributed by atoms with van der Waals surface area (Å²) in [6.07, 6.45) is 4.94. The Morgan fingerprint density at radius 2 is 1.92 bits per heavy atom. The first-order chi connectivity index (χ1) is 11.5. The van der Waals surface area contributed by atoms with Crippen LogP contribution >= 0.6 is 0 Å². The lowest BCUT2D eigenvalue weighted by atomic mass is 9.82. The monoisotopic (exact) mass is 332 g/mol. The van der Waals surface area contributed by atoms with E-state index < -0.39 is 11.9 Å². The van der Waals surface area contributed by atoms with Crippen LogP contribution in [0.1, 0.15) is 57.9 Å². The Kier molecular flexibility index (Phi) is 6.41. The third-order valence-electron chi connectivity index (χ3n) is 5.01. The minimum absolute atomic E-state index is 0.0218. The molecule has 1 aliphatic rings. The Balaban J connectivity index is 2.07. The zero-order chi connectivity index (χ0) is 17.6. The van der Waals surface area contributed by atoms with E-state index >= 15 is 0 Å². The fraction of sp³-hybridized carbons (Fsp3) is 0.600. The lowest BCUT2D eigenvalue weighted by Gasteiger charge is -2.24. The van der Waals surface area contributed by atoms with E-state index in [0.29, 0.717) is 19.4 Å². The van der Waals surface area contributed by atoms with Crippen molar-refractivity contribution in [3.8, 4) is 0 Å². The number of unbranched alkanes of at least 4 members (excludes halogenated alkanes) is 1. The number of carboxylic acid groups (broad SMARTS) is 1. The molecule has 132 valence electrons. The molecule has 0 saturated heterocycles. The third kappa shape index (κ3) is 4.83. The van der Waals surface area contributed by atoms with Crippen molar-refractivity contribution in [1.29, 1.82) is 0 Å². The molecule has 1 aromatic rings. The van der Waals surface area contributed by atoms with E-state index in [1.807, 2.05) is 25.1 Å². The van der Waals surface area contributed by atoms with Gasteiger partial charge in [-0.3, -0.25) is 9.59 Å². The largest absolute Gasteiger partial charge is 0.481 e. The van der Waals surface area contributed by atoms with Crippen LogP contribution in [0.3, 0.4) is 0 Å². The number of carbonyl (C=O) groups is 2. The highest BCUT2D eigenvalue weighted by molar-refractivity contribution is 5.75. The third-order valence-corrected chi connectivity index (χ3v) is 5.01. The zero-order valence-corrected chi connectivity index (χ0v) is 14.7. The van der Waals surface area contributed by atoms with Crippen molar-refractivity contribution >= 4 is 11.9 Å². The van der Waals surface area contributed by atoms with Crippen LogP contribution in [0.25, 0.3) is 0 Å². The number of esters is 1. The fourth-order valence-electron chi connectivity index (χ4n) is 3.25. The predicted molar refractivity (Wildman–Crippen MR) is 92.7 cm³/mol. The first-order valence-electron chi connectivity index (χ1n) is 8.93. The van der Waals surface area contributed by atoms with Gasteiger partial charge in [0.1, 0.15) is 0 Å². The van der Waals surface area contributed by atoms with E-state index in [2.05, 4.69) is 12.1 Å². The Hall–Kier alpha value is -1.84. The van der Waals surface area contributed by atoms with Gasteiger partial charge in [0, 0.05) is 0 Å². The second kappa shape index (κ2) is 8.32. The fourth-order valence-corrected chi connectivity index (χ4v) is 3.25. The molecule has 0 radical (unpaired) electrons. The lowest BCUT2D eigenvalue weighted by Crippen LogP contribution is -2.27. The van der Waals surface area contributed by atoms with Crippen LogP contribution in [0.4, 0.5) is 0 Å². The quantitative estimate of drug-likeness (QED) is 0.516. The van der Waals surface area contributed by atoms with Gasteiger partial charge in [-0.1, -0.05) is 50.6 Å². The molecule has 0 aromatic heterocycles. The van der Waals surface area contributed by atoms with Gasteiger partial charge in [0.25, 0.3) is 0 Å². The number of carbonyl (C=O) groups excluding carboxylic acids is 1. The topological polar surface area (TPSA) is 63.6 Å². The Morgan fingerprint density at radius 3 is 2.46 bits per heavy atom. The molecule has 2 unspecified atom stereocenters. The molecule has 0 bridgehead atoms. The number of ether oxygens (including phenoxy) is 1. The maximum Gasteiger partial charge on any atom is 0.308 e. The SMILES string of the molecule is CCCCOC(=O)C(CC(C)C(=O)O)CC1(c2ccccc2)CC1. The van der Waals surface area contributed by atoms with E-state index in [1.165, 1.54) is 5.56 Å². The van der Waals surface area contributed by atoms with Gasteiger partial charge in [0.2, 0.25) is 0 Å². The van der Waals surface area contributed by atoms with Crippen molar-refractivity contribution in [2.75, 3.05) is 6.61 Å². The molecule has 2 atom stereocenters. The normalized spacial score (nSPS) is 17.8. The molecule has 1 fully saturated rings. The van der Waals surface area contributed by atoms with Crippen molar-refractivity contribution in [2.24, 2.45) is 11.8 Å². The molecule has 0 amide bonds. The first-order valence-corrected chi connectivity index (χ1v) is 8.93. The lowest BCUT2D eigenvalue weighted by molar-refractivity contribution is -0.151. The van der Waals surface area contributed by atoms with E-state index in [0.717, 1.165) is 25.7 Å². The maximum absolute atomic E-state index is 12.5. The molecule has 2 rings (SSSR count). The van der Waals surface area contributed by atoms with Crippen molar-refractivity contribution < 1.29 is 19.4 Å². The number of hydrogen-bond acceptors (Lipinski definition) is 3. The van der Waals surface area contributed by atoms with Gasteiger partial charge >= 0.3 is 11.9 Å². The summed E-state index contributed by atoms with van der Waals surface area (Å²) in [4.78, 5) is 23.7. The van der Waals surface area contributed by atoms with Gasteiger partial charge in [0.15, 0.2) is 0 Å². The van der Waals surface area contributed by atoms with E-state index in [9.17, 15) is 14.7 Å². The highest BCUT2D eigenvalue weighted by Crippen LogP contribution is 2.53. The van der Waals surface area contributed by atoms with Crippen molar-refractivity contribution in [1.82, 2.24) is 0 Å². The molecule has 4 nitrogen and oxygen atoms in total. The average Bonchev–Trinajstić information content (AvgIpc) is 3.36. The van der Waals surface area contributed by atoms with Gasteiger partial charge < -0.3 is 9.84 Å². The summed E-state index contributed by atoms with van der Waals surface area (Å²) in [6.45, 7) is 4.13. The van der Waals surface area contributed by atoms with Crippen LogP contribution in [0, 0.1) is 11.8 Å². The van der Waals surface area contributed by atoms with Gasteiger partial charge in [-0.05, 0) is 43.1 Å². The summed E-state index contributed by atoms with van der Waals surface area (Å²) in [5.41, 5.74) is 1.27. The van der Waals surface area contributed by atoms with Crippen molar-refractivity contribution in [3.63, 3.8) is 0 Å². The standard InChI is InChI=1S/C20H28O4/c1-3-4-12-24-19(23)16(13-15(2)18(21)22)14-20(10-11-20)17-8-6-5-7-9-17/h5-9,15-16H,3-4,10-14H2,1-2H3,(H,21,22). The van der Waals surface area contributed by atoms with Crippen LogP contribution in [0.2, 0.25) is 0 Å². The minimum Gasteiger partial charge on any atom is -0.481 e. The Morgan fingerprint density at radius 1 is 1.25 bits per heavy atom. The highest BCUT2D eigenvalue weighted by Gasteiger charge is 2.47. The molecule has 4 heteroatoms. The number of benzene rings is 1. The van der Waals surface area contributed by atoms with Gasteiger partial charge in [-0.15, -0.1) is 0 Å².